The quantitative estimate of drug-likeness (QED) is 0.559. The first-order valence-corrected chi connectivity index (χ1v) is 3.24. The summed E-state index contributed by atoms with van der Waals surface area (Å²) < 4.78 is 0. The van der Waals surface area contributed by atoms with Gasteiger partial charge in [0.15, 0.2) is 0 Å². The Labute approximate surface area is 57.1 Å². The lowest BCUT2D eigenvalue weighted by Gasteiger charge is -1.97. The van der Waals surface area contributed by atoms with Crippen LogP contribution in [0.15, 0.2) is 0 Å². The molecule has 1 radical (unpaired) electrons. The van der Waals surface area contributed by atoms with Gasteiger partial charge in [0.1, 0.15) is 0 Å². The van der Waals surface area contributed by atoms with Gasteiger partial charge >= 0.3 is 0 Å². The molecule has 1 atom stereocenters. The third-order valence-corrected chi connectivity index (χ3v) is 0.980. The Morgan fingerprint density at radius 1 is 1.56 bits per heavy atom. The van der Waals surface area contributed by atoms with E-state index in [9.17, 15) is 0 Å². The maximum Gasteiger partial charge on any atom is 0.0836 e. The van der Waals surface area contributed by atoms with Crippen LogP contribution in [0.1, 0.15) is 26.7 Å². The largest absolute Gasteiger partial charge is 0.390 e. The molecule has 0 aliphatic rings. The van der Waals surface area contributed by atoms with E-state index in [1.807, 2.05) is 13.8 Å². The molecule has 0 bridgehead atoms. The van der Waals surface area contributed by atoms with E-state index in [0.717, 1.165) is 12.8 Å². The molecule has 0 fully saturated rings. The van der Waals surface area contributed by atoms with Crippen LogP contribution in [0, 0.1) is 24.4 Å². The molecule has 0 rings (SSSR count). The Balaban J connectivity index is 3.25. The van der Waals surface area contributed by atoms with Gasteiger partial charge in [-0.25, -0.2) is 0 Å². The molecule has 51 valence electrons. The van der Waals surface area contributed by atoms with Crippen molar-refractivity contribution < 1.29 is 5.11 Å². The highest BCUT2D eigenvalue weighted by atomic mass is 16.3. The normalized spacial score (nSPS) is 11.9. The van der Waals surface area contributed by atoms with Gasteiger partial charge in [0.05, 0.1) is 6.61 Å². The van der Waals surface area contributed by atoms with Crippen molar-refractivity contribution in [3.05, 3.63) is 6.61 Å². The van der Waals surface area contributed by atoms with Gasteiger partial charge in [0, 0.05) is 12.8 Å². The van der Waals surface area contributed by atoms with E-state index in [-0.39, 0.29) is 5.92 Å². The Bertz CT molecular complexity index is 107. The molecule has 0 aromatic heterocycles. The molecular formula is C8H13O. The van der Waals surface area contributed by atoms with Crippen molar-refractivity contribution in [3.63, 3.8) is 0 Å². The summed E-state index contributed by atoms with van der Waals surface area (Å²) in [6.45, 7) is 5.13. The van der Waals surface area contributed by atoms with Crippen molar-refractivity contribution in [3.8, 4) is 11.8 Å². The number of rotatable bonds is 2. The molecule has 0 spiro atoms. The Kier molecular flexibility index (Phi) is 5.35. The summed E-state index contributed by atoms with van der Waals surface area (Å²) in [4.78, 5) is 0. The highest BCUT2D eigenvalue weighted by Gasteiger charge is 1.94. The van der Waals surface area contributed by atoms with Gasteiger partial charge in [-0.05, 0) is 5.92 Å². The number of aliphatic hydroxyl groups is 1. The molecule has 0 aromatic rings. The van der Waals surface area contributed by atoms with Crippen molar-refractivity contribution >= 4 is 0 Å². The van der Waals surface area contributed by atoms with Crippen molar-refractivity contribution in [2.45, 2.75) is 26.7 Å². The first kappa shape index (κ1) is 8.52. The maximum atomic E-state index is 8.44. The van der Waals surface area contributed by atoms with Gasteiger partial charge in [-0.15, -0.1) is 11.8 Å². The topological polar surface area (TPSA) is 20.2 Å². The molecule has 1 heteroatoms. The SMILES string of the molecule is CCC#CCC(C)[CH]O. The van der Waals surface area contributed by atoms with E-state index in [1.165, 1.54) is 6.61 Å². The van der Waals surface area contributed by atoms with Crippen LogP contribution in [0.3, 0.4) is 0 Å². The van der Waals surface area contributed by atoms with Gasteiger partial charge in [-0.1, -0.05) is 13.8 Å². The van der Waals surface area contributed by atoms with Gasteiger partial charge in [0.2, 0.25) is 0 Å². The smallest absolute Gasteiger partial charge is 0.0836 e. The summed E-state index contributed by atoms with van der Waals surface area (Å²) in [7, 11) is 0. The summed E-state index contributed by atoms with van der Waals surface area (Å²) in [6.07, 6.45) is 1.67. The lowest BCUT2D eigenvalue weighted by atomic mass is 10.1. The van der Waals surface area contributed by atoms with E-state index in [2.05, 4.69) is 11.8 Å². The number of hydrogen-bond acceptors (Lipinski definition) is 1. The van der Waals surface area contributed by atoms with E-state index < -0.39 is 0 Å². The third kappa shape index (κ3) is 5.39. The van der Waals surface area contributed by atoms with Crippen molar-refractivity contribution in [1.29, 1.82) is 0 Å². The Hall–Kier alpha value is -0.480. The standard InChI is InChI=1S/C8H13O/c1-3-4-5-6-8(2)7-9/h7-9H,3,6H2,1-2H3. The minimum atomic E-state index is 0.212. The molecule has 1 unspecified atom stereocenters. The van der Waals surface area contributed by atoms with E-state index in [0.29, 0.717) is 0 Å². The first-order valence-electron chi connectivity index (χ1n) is 3.24. The second-order valence-corrected chi connectivity index (χ2v) is 2.04. The molecule has 0 aromatic carbocycles. The van der Waals surface area contributed by atoms with Crippen LogP contribution in [0.2, 0.25) is 0 Å². The fraction of sp³-hybridized carbons (Fsp3) is 0.625. The second kappa shape index (κ2) is 5.65. The third-order valence-electron chi connectivity index (χ3n) is 0.980. The average molecular weight is 125 g/mol. The number of hydrogen-bond donors (Lipinski definition) is 1. The lowest BCUT2D eigenvalue weighted by Crippen LogP contribution is -1.91. The van der Waals surface area contributed by atoms with Crippen LogP contribution in [-0.4, -0.2) is 5.11 Å². The molecule has 0 aliphatic heterocycles. The molecule has 0 aliphatic carbocycles. The minimum absolute atomic E-state index is 0.212. The molecule has 0 amide bonds. The summed E-state index contributed by atoms with van der Waals surface area (Å²) in [5.41, 5.74) is 0. The zero-order valence-electron chi connectivity index (χ0n) is 6.02. The van der Waals surface area contributed by atoms with Gasteiger partial charge in [-0.3, -0.25) is 0 Å². The molecule has 1 N–H and O–H groups in total. The first-order chi connectivity index (χ1) is 4.31. The lowest BCUT2D eigenvalue weighted by molar-refractivity contribution is 0.329. The minimum Gasteiger partial charge on any atom is -0.390 e. The fourth-order valence-corrected chi connectivity index (χ4v) is 0.411. The van der Waals surface area contributed by atoms with Crippen molar-refractivity contribution in [2.75, 3.05) is 0 Å². The van der Waals surface area contributed by atoms with Gasteiger partial charge in [0.25, 0.3) is 0 Å². The summed E-state index contributed by atoms with van der Waals surface area (Å²) >= 11 is 0. The van der Waals surface area contributed by atoms with Crippen LogP contribution < -0.4 is 0 Å². The highest BCUT2D eigenvalue weighted by Crippen LogP contribution is 2.00. The second-order valence-electron chi connectivity index (χ2n) is 2.04. The van der Waals surface area contributed by atoms with Crippen LogP contribution in [-0.2, 0) is 0 Å². The molecule has 0 heterocycles. The molecule has 9 heavy (non-hydrogen) atoms. The summed E-state index contributed by atoms with van der Waals surface area (Å²) in [5, 5.41) is 8.44. The van der Waals surface area contributed by atoms with E-state index in [1.54, 1.807) is 0 Å². The van der Waals surface area contributed by atoms with E-state index >= 15 is 0 Å². The van der Waals surface area contributed by atoms with Crippen LogP contribution in [0.4, 0.5) is 0 Å². The molecule has 1 nitrogen and oxygen atoms in total. The van der Waals surface area contributed by atoms with Crippen LogP contribution >= 0.6 is 0 Å². The summed E-state index contributed by atoms with van der Waals surface area (Å²) in [6, 6.07) is 0. The molecular weight excluding hydrogens is 112 g/mol. The Morgan fingerprint density at radius 2 is 2.22 bits per heavy atom. The van der Waals surface area contributed by atoms with Crippen LogP contribution in [0.25, 0.3) is 0 Å². The zero-order chi connectivity index (χ0) is 7.11. The highest BCUT2D eigenvalue weighted by molar-refractivity contribution is 4.99. The van der Waals surface area contributed by atoms with E-state index in [4.69, 9.17) is 5.11 Å². The van der Waals surface area contributed by atoms with Crippen LogP contribution in [0.5, 0.6) is 0 Å². The molecule has 0 saturated heterocycles. The average Bonchev–Trinajstić information content (AvgIpc) is 1.89. The predicted octanol–water partition coefficient (Wildman–Crippen LogP) is 1.96. The Morgan fingerprint density at radius 3 is 2.67 bits per heavy atom. The number of aliphatic hydroxyl groups excluding tert-OH is 1. The zero-order valence-corrected chi connectivity index (χ0v) is 6.02. The predicted molar refractivity (Wildman–Crippen MR) is 38.1 cm³/mol. The monoisotopic (exact) mass is 125 g/mol. The van der Waals surface area contributed by atoms with Gasteiger partial charge < -0.3 is 5.11 Å². The molecule has 0 saturated carbocycles. The van der Waals surface area contributed by atoms with Gasteiger partial charge in [-0.2, -0.15) is 0 Å². The van der Waals surface area contributed by atoms with Crippen molar-refractivity contribution in [1.82, 2.24) is 0 Å². The van der Waals surface area contributed by atoms with Crippen molar-refractivity contribution in [2.24, 2.45) is 5.92 Å². The fourth-order valence-electron chi connectivity index (χ4n) is 0.411. The maximum absolute atomic E-state index is 8.44. The summed E-state index contributed by atoms with van der Waals surface area (Å²) in [5.74, 6) is 6.09.